The van der Waals surface area contributed by atoms with Gasteiger partial charge in [0.05, 0.1) is 16.5 Å². The molecule has 0 amide bonds. The van der Waals surface area contributed by atoms with Crippen molar-refractivity contribution < 1.29 is 23.1 Å². The molecular formula is C15H17ClF3NO2. The summed E-state index contributed by atoms with van der Waals surface area (Å²) < 4.78 is 38.6. The molecule has 0 aromatic heterocycles. The van der Waals surface area contributed by atoms with Gasteiger partial charge in [0.15, 0.2) is 0 Å². The molecule has 0 radical (unpaired) electrons. The Labute approximate surface area is 131 Å². The van der Waals surface area contributed by atoms with Gasteiger partial charge in [-0.3, -0.25) is 9.69 Å². The molecule has 1 fully saturated rings. The number of hydrogen-bond acceptors (Lipinski definition) is 2. The Balaban J connectivity index is 2.18. The number of halogens is 4. The maximum Gasteiger partial charge on any atom is 0.417 e. The Morgan fingerprint density at radius 2 is 2.14 bits per heavy atom. The molecule has 3 nitrogen and oxygen atoms in total. The maximum absolute atomic E-state index is 12.9. The fourth-order valence-electron chi connectivity index (χ4n) is 2.89. The van der Waals surface area contributed by atoms with E-state index >= 15 is 0 Å². The third-order valence-corrected chi connectivity index (χ3v) is 4.49. The first-order chi connectivity index (χ1) is 10.2. The Hall–Kier alpha value is -1.27. The molecule has 0 bridgehead atoms. The number of piperidine rings is 1. The second-order valence-corrected chi connectivity index (χ2v) is 6.02. The highest BCUT2D eigenvalue weighted by Crippen LogP contribution is 2.35. The highest BCUT2D eigenvalue weighted by atomic mass is 35.5. The van der Waals surface area contributed by atoms with Crippen molar-refractivity contribution in [1.29, 1.82) is 0 Å². The van der Waals surface area contributed by atoms with Gasteiger partial charge >= 0.3 is 12.1 Å². The van der Waals surface area contributed by atoms with Gasteiger partial charge in [0.25, 0.3) is 0 Å². The second-order valence-electron chi connectivity index (χ2n) is 5.61. The van der Waals surface area contributed by atoms with Crippen LogP contribution >= 0.6 is 11.6 Å². The van der Waals surface area contributed by atoms with E-state index in [1.54, 1.807) is 13.0 Å². The van der Waals surface area contributed by atoms with Crippen molar-refractivity contribution >= 4 is 17.6 Å². The summed E-state index contributed by atoms with van der Waals surface area (Å²) in [6.45, 7) is 2.76. The van der Waals surface area contributed by atoms with Crippen LogP contribution in [0.3, 0.4) is 0 Å². The number of rotatable bonds is 3. The van der Waals surface area contributed by atoms with Gasteiger partial charge < -0.3 is 5.11 Å². The van der Waals surface area contributed by atoms with E-state index in [1.807, 2.05) is 4.90 Å². The van der Waals surface area contributed by atoms with Crippen molar-refractivity contribution in [2.24, 2.45) is 5.92 Å². The van der Waals surface area contributed by atoms with E-state index in [4.69, 9.17) is 11.6 Å². The summed E-state index contributed by atoms with van der Waals surface area (Å²) in [7, 11) is 0. The predicted octanol–water partition coefficient (Wildman–Crippen LogP) is 4.04. The molecule has 7 heteroatoms. The summed E-state index contributed by atoms with van der Waals surface area (Å²) in [5.74, 6) is -1.34. The van der Waals surface area contributed by atoms with Crippen LogP contribution in [0.1, 0.15) is 30.9 Å². The number of carboxylic acids is 1. The first-order valence-electron chi connectivity index (χ1n) is 7.02. The maximum atomic E-state index is 12.9. The minimum Gasteiger partial charge on any atom is -0.481 e. The summed E-state index contributed by atoms with van der Waals surface area (Å²) >= 11 is 5.61. The molecule has 0 aliphatic carbocycles. The zero-order chi connectivity index (χ0) is 16.5. The van der Waals surface area contributed by atoms with E-state index < -0.39 is 23.6 Å². The van der Waals surface area contributed by atoms with Crippen molar-refractivity contribution in [3.05, 3.63) is 34.3 Å². The molecular weight excluding hydrogens is 319 g/mol. The van der Waals surface area contributed by atoms with E-state index in [0.717, 1.165) is 12.5 Å². The minimum atomic E-state index is -4.50. The zero-order valence-electron chi connectivity index (χ0n) is 12.0. The summed E-state index contributed by atoms with van der Waals surface area (Å²) in [6.07, 6.45) is -3.17. The second kappa shape index (κ2) is 6.46. The molecule has 1 aromatic rings. The largest absolute Gasteiger partial charge is 0.481 e. The molecule has 122 valence electrons. The normalized spacial score (nSPS) is 23.5. The Bertz CT molecular complexity index is 562. The number of benzene rings is 1. The van der Waals surface area contributed by atoms with Gasteiger partial charge in [-0.2, -0.15) is 13.2 Å². The van der Waals surface area contributed by atoms with Crippen molar-refractivity contribution in [2.45, 2.75) is 38.5 Å². The SMILES string of the molecule is C[C@@H]1[C@H](C(=O)O)CCCN1Cc1ccc(Cl)c(C(F)(F)F)c1. The molecule has 0 unspecified atom stereocenters. The highest BCUT2D eigenvalue weighted by molar-refractivity contribution is 6.31. The molecule has 1 N–H and O–H groups in total. The predicted molar refractivity (Wildman–Crippen MR) is 76.7 cm³/mol. The number of alkyl halides is 3. The van der Waals surface area contributed by atoms with E-state index in [-0.39, 0.29) is 17.6 Å². The molecule has 1 aliphatic rings. The Morgan fingerprint density at radius 1 is 1.45 bits per heavy atom. The molecule has 1 saturated heterocycles. The van der Waals surface area contributed by atoms with Crippen LogP contribution in [-0.4, -0.2) is 28.6 Å². The van der Waals surface area contributed by atoms with E-state index in [0.29, 0.717) is 18.5 Å². The first kappa shape index (κ1) is 17.1. The van der Waals surface area contributed by atoms with E-state index in [1.165, 1.54) is 6.07 Å². The topological polar surface area (TPSA) is 40.5 Å². The third kappa shape index (κ3) is 3.73. The summed E-state index contributed by atoms with van der Waals surface area (Å²) in [6, 6.07) is 3.62. The number of carboxylic acid groups (broad SMARTS) is 1. The van der Waals surface area contributed by atoms with E-state index in [2.05, 4.69) is 0 Å². The monoisotopic (exact) mass is 335 g/mol. The van der Waals surface area contributed by atoms with Gasteiger partial charge in [0.2, 0.25) is 0 Å². The van der Waals surface area contributed by atoms with Gasteiger partial charge in [-0.25, -0.2) is 0 Å². The van der Waals surface area contributed by atoms with Crippen LogP contribution in [0.2, 0.25) is 5.02 Å². The molecule has 1 heterocycles. The van der Waals surface area contributed by atoms with Crippen LogP contribution in [0, 0.1) is 5.92 Å². The molecule has 0 spiro atoms. The van der Waals surface area contributed by atoms with Crippen LogP contribution < -0.4 is 0 Å². The summed E-state index contributed by atoms with van der Waals surface area (Å²) in [5.41, 5.74) is -0.374. The van der Waals surface area contributed by atoms with Crippen LogP contribution in [0.25, 0.3) is 0 Å². The van der Waals surface area contributed by atoms with Crippen molar-refractivity contribution in [1.82, 2.24) is 4.90 Å². The molecule has 1 aliphatic heterocycles. The van der Waals surface area contributed by atoms with Crippen LogP contribution in [0.15, 0.2) is 18.2 Å². The first-order valence-corrected chi connectivity index (χ1v) is 7.40. The smallest absolute Gasteiger partial charge is 0.417 e. The fourth-order valence-corrected chi connectivity index (χ4v) is 3.11. The lowest BCUT2D eigenvalue weighted by molar-refractivity contribution is -0.145. The molecule has 0 saturated carbocycles. The van der Waals surface area contributed by atoms with Crippen molar-refractivity contribution in [3.8, 4) is 0 Å². The van der Waals surface area contributed by atoms with Crippen LogP contribution in [0.5, 0.6) is 0 Å². The van der Waals surface area contributed by atoms with E-state index in [9.17, 15) is 23.1 Å². The van der Waals surface area contributed by atoms with Gasteiger partial charge in [0.1, 0.15) is 0 Å². The molecule has 2 rings (SSSR count). The minimum absolute atomic E-state index is 0.212. The molecule has 1 aromatic carbocycles. The lowest BCUT2D eigenvalue weighted by Crippen LogP contribution is -2.45. The number of hydrogen-bond donors (Lipinski definition) is 1. The third-order valence-electron chi connectivity index (χ3n) is 4.16. The van der Waals surface area contributed by atoms with Crippen molar-refractivity contribution in [2.75, 3.05) is 6.54 Å². The standard InChI is InChI=1S/C15H17ClF3NO2/c1-9-11(14(21)22)3-2-6-20(9)8-10-4-5-13(16)12(7-10)15(17,18)19/h4-5,7,9,11H,2-3,6,8H2,1H3,(H,21,22)/t9-,11-/m1/s1. The number of carbonyl (C=O) groups is 1. The molecule has 2 atom stereocenters. The highest BCUT2D eigenvalue weighted by Gasteiger charge is 2.35. The van der Waals surface area contributed by atoms with Gasteiger partial charge in [-0.05, 0) is 44.0 Å². The summed E-state index contributed by atoms with van der Waals surface area (Å²) in [4.78, 5) is 13.1. The Kier molecular flexibility index (Phi) is 5.02. The van der Waals surface area contributed by atoms with Crippen molar-refractivity contribution in [3.63, 3.8) is 0 Å². The quantitative estimate of drug-likeness (QED) is 0.906. The lowest BCUT2D eigenvalue weighted by Gasteiger charge is -2.37. The Morgan fingerprint density at radius 3 is 2.73 bits per heavy atom. The van der Waals surface area contributed by atoms with Gasteiger partial charge in [0, 0.05) is 12.6 Å². The van der Waals surface area contributed by atoms with Gasteiger partial charge in [-0.15, -0.1) is 0 Å². The molecule has 22 heavy (non-hydrogen) atoms. The average Bonchev–Trinajstić information content (AvgIpc) is 2.41. The van der Waals surface area contributed by atoms with Gasteiger partial charge in [-0.1, -0.05) is 17.7 Å². The fraction of sp³-hybridized carbons (Fsp3) is 0.533. The zero-order valence-corrected chi connectivity index (χ0v) is 12.8. The average molecular weight is 336 g/mol. The number of likely N-dealkylation sites (tertiary alicyclic amines) is 1. The number of nitrogens with zero attached hydrogens (tertiary/aromatic N) is 1. The van der Waals surface area contributed by atoms with Crippen LogP contribution in [0.4, 0.5) is 13.2 Å². The number of aliphatic carboxylic acids is 1. The van der Waals surface area contributed by atoms with Crippen LogP contribution in [-0.2, 0) is 17.5 Å². The lowest BCUT2D eigenvalue weighted by atomic mass is 9.90. The summed E-state index contributed by atoms with van der Waals surface area (Å²) in [5, 5.41) is 8.86.